The molecule has 102 valence electrons. The predicted molar refractivity (Wildman–Crippen MR) is 51.5 cm³/mol. The number of rotatable bonds is 3. The lowest BCUT2D eigenvalue weighted by molar-refractivity contribution is -0.289. The first-order chi connectivity index (χ1) is 8.12. The van der Waals surface area contributed by atoms with Crippen LogP contribution in [0.3, 0.4) is 0 Å². The van der Waals surface area contributed by atoms with Crippen LogP contribution >= 0.6 is 0 Å². The van der Waals surface area contributed by atoms with Crippen LogP contribution in [0.5, 0.6) is 0 Å². The van der Waals surface area contributed by atoms with Crippen LogP contribution in [-0.4, -0.2) is 23.4 Å². The Bertz CT molecular complexity index is 358. The second-order valence-electron chi connectivity index (χ2n) is 3.78. The highest BCUT2D eigenvalue weighted by Crippen LogP contribution is 2.41. The average Bonchev–Trinajstić information content (AvgIpc) is 2.13. The number of nitrogens with zero attached hydrogens (tertiary/aromatic N) is 1. The summed E-state index contributed by atoms with van der Waals surface area (Å²) in [5.41, 5.74) is 5.34. The Kier molecular flexibility index (Phi) is 4.20. The molecule has 0 amide bonds. The van der Waals surface area contributed by atoms with Gasteiger partial charge >= 0.3 is 12.4 Å². The number of nitrogens with two attached hydrogens (primary N) is 1. The second kappa shape index (κ2) is 5.13. The van der Waals surface area contributed by atoms with E-state index in [-0.39, 0.29) is 5.56 Å². The van der Waals surface area contributed by atoms with Crippen LogP contribution in [0, 0.1) is 5.92 Å². The number of halogens is 6. The van der Waals surface area contributed by atoms with E-state index in [4.69, 9.17) is 5.73 Å². The van der Waals surface area contributed by atoms with E-state index in [0.29, 0.717) is 0 Å². The van der Waals surface area contributed by atoms with E-state index < -0.39 is 30.7 Å². The maximum Gasteiger partial charge on any atom is 0.402 e. The Morgan fingerprint density at radius 1 is 1.00 bits per heavy atom. The molecule has 0 aliphatic rings. The summed E-state index contributed by atoms with van der Waals surface area (Å²) >= 11 is 0. The number of pyridine rings is 1. The average molecular weight is 272 g/mol. The molecule has 0 fully saturated rings. The minimum absolute atomic E-state index is 0.274. The molecule has 2 N–H and O–H groups in total. The molecule has 0 radical (unpaired) electrons. The highest BCUT2D eigenvalue weighted by atomic mass is 19.4. The van der Waals surface area contributed by atoms with Gasteiger partial charge in [-0.2, -0.15) is 26.3 Å². The maximum atomic E-state index is 12.4. The van der Waals surface area contributed by atoms with Crippen LogP contribution in [0.15, 0.2) is 24.5 Å². The fraction of sp³-hybridized carbons (Fsp3) is 0.500. The Hall–Kier alpha value is -1.31. The second-order valence-corrected chi connectivity index (χ2v) is 3.78. The van der Waals surface area contributed by atoms with E-state index in [1.165, 1.54) is 24.5 Å². The van der Waals surface area contributed by atoms with Gasteiger partial charge in [-0.25, -0.2) is 0 Å². The molecule has 2 nitrogen and oxygen atoms in total. The van der Waals surface area contributed by atoms with Crippen molar-refractivity contribution < 1.29 is 26.3 Å². The summed E-state index contributed by atoms with van der Waals surface area (Å²) in [6.45, 7) is 0. The predicted octanol–water partition coefficient (Wildman–Crippen LogP) is 2.69. The Balaban J connectivity index is 2.88. The SMILES string of the molecule is NC(Cc1ccncc1)C(C(F)(F)F)C(F)(F)F. The van der Waals surface area contributed by atoms with Crippen molar-refractivity contribution in [3.05, 3.63) is 30.1 Å². The Labute approximate surface area is 98.8 Å². The summed E-state index contributed by atoms with van der Waals surface area (Å²) in [6.07, 6.45) is -8.79. The lowest BCUT2D eigenvalue weighted by Crippen LogP contribution is -2.49. The molecule has 18 heavy (non-hydrogen) atoms. The largest absolute Gasteiger partial charge is 0.402 e. The standard InChI is InChI=1S/C10H10F6N2/c11-9(12,13)8(10(14,15)16)7(17)5-6-1-3-18-4-2-6/h1-4,7-8H,5,17H2. The Morgan fingerprint density at radius 3 is 1.83 bits per heavy atom. The summed E-state index contributed by atoms with van der Waals surface area (Å²) < 4.78 is 74.1. The van der Waals surface area contributed by atoms with E-state index in [2.05, 4.69) is 4.98 Å². The van der Waals surface area contributed by atoms with Crippen molar-refractivity contribution in [3.63, 3.8) is 0 Å². The monoisotopic (exact) mass is 272 g/mol. The molecule has 1 unspecified atom stereocenters. The van der Waals surface area contributed by atoms with Gasteiger partial charge in [-0.3, -0.25) is 4.98 Å². The molecule has 0 bridgehead atoms. The number of aromatic nitrogens is 1. The molecule has 0 aromatic carbocycles. The van der Waals surface area contributed by atoms with Crippen LogP contribution in [0.1, 0.15) is 5.56 Å². The minimum atomic E-state index is -5.41. The molecule has 1 aromatic heterocycles. The maximum absolute atomic E-state index is 12.4. The molecular formula is C10H10F6N2. The van der Waals surface area contributed by atoms with Gasteiger partial charge in [0.1, 0.15) is 0 Å². The van der Waals surface area contributed by atoms with Gasteiger partial charge in [0, 0.05) is 18.4 Å². The highest BCUT2D eigenvalue weighted by molar-refractivity contribution is 5.12. The van der Waals surface area contributed by atoms with Crippen molar-refractivity contribution in [1.29, 1.82) is 0 Å². The van der Waals surface area contributed by atoms with Crippen LogP contribution in [0.4, 0.5) is 26.3 Å². The van der Waals surface area contributed by atoms with Gasteiger partial charge < -0.3 is 5.73 Å². The molecule has 0 aliphatic heterocycles. The third-order valence-corrected chi connectivity index (χ3v) is 2.35. The zero-order valence-electron chi connectivity index (χ0n) is 8.96. The molecule has 8 heteroatoms. The highest BCUT2D eigenvalue weighted by Gasteiger charge is 2.59. The van der Waals surface area contributed by atoms with E-state index in [1.807, 2.05) is 0 Å². The summed E-state index contributed by atoms with van der Waals surface area (Å²) in [4.78, 5) is 3.61. The van der Waals surface area contributed by atoms with E-state index >= 15 is 0 Å². The molecule has 0 saturated carbocycles. The normalized spacial score (nSPS) is 14.9. The molecule has 1 atom stereocenters. The molecule has 0 aliphatic carbocycles. The van der Waals surface area contributed by atoms with Crippen LogP contribution in [-0.2, 0) is 6.42 Å². The zero-order chi connectivity index (χ0) is 14.0. The first-order valence-corrected chi connectivity index (χ1v) is 4.90. The van der Waals surface area contributed by atoms with Crippen molar-refractivity contribution in [3.8, 4) is 0 Å². The van der Waals surface area contributed by atoms with Crippen molar-refractivity contribution >= 4 is 0 Å². The minimum Gasteiger partial charge on any atom is -0.327 e. The molecule has 0 spiro atoms. The number of hydrogen-bond donors (Lipinski definition) is 1. The third-order valence-electron chi connectivity index (χ3n) is 2.35. The van der Waals surface area contributed by atoms with Gasteiger partial charge in [0.2, 0.25) is 0 Å². The molecule has 1 rings (SSSR count). The summed E-state index contributed by atoms with van der Waals surface area (Å²) in [5.74, 6) is -3.53. The van der Waals surface area contributed by atoms with Crippen molar-refractivity contribution in [2.75, 3.05) is 0 Å². The van der Waals surface area contributed by atoms with Gasteiger partial charge in [-0.15, -0.1) is 0 Å². The molecule has 1 aromatic rings. The van der Waals surface area contributed by atoms with Gasteiger partial charge in [0.25, 0.3) is 0 Å². The van der Waals surface area contributed by atoms with Crippen LogP contribution in [0.25, 0.3) is 0 Å². The topological polar surface area (TPSA) is 38.9 Å². The van der Waals surface area contributed by atoms with Crippen molar-refractivity contribution in [2.24, 2.45) is 11.7 Å². The first-order valence-electron chi connectivity index (χ1n) is 4.90. The lowest BCUT2D eigenvalue weighted by atomic mass is 9.93. The van der Waals surface area contributed by atoms with E-state index in [1.54, 1.807) is 0 Å². The quantitative estimate of drug-likeness (QED) is 0.859. The van der Waals surface area contributed by atoms with Crippen LogP contribution < -0.4 is 5.73 Å². The number of alkyl halides is 6. The van der Waals surface area contributed by atoms with Crippen molar-refractivity contribution in [2.45, 2.75) is 24.8 Å². The summed E-state index contributed by atoms with van der Waals surface area (Å²) in [6, 6.07) is 0.570. The lowest BCUT2D eigenvalue weighted by Gasteiger charge is -2.28. The fourth-order valence-corrected chi connectivity index (χ4v) is 1.58. The van der Waals surface area contributed by atoms with Gasteiger partial charge in [0.15, 0.2) is 5.92 Å². The van der Waals surface area contributed by atoms with Gasteiger partial charge in [0.05, 0.1) is 0 Å². The molecule has 0 saturated heterocycles. The van der Waals surface area contributed by atoms with Crippen LogP contribution in [0.2, 0.25) is 0 Å². The molecule has 1 heterocycles. The fourth-order valence-electron chi connectivity index (χ4n) is 1.58. The zero-order valence-corrected chi connectivity index (χ0v) is 8.96. The van der Waals surface area contributed by atoms with E-state index in [0.717, 1.165) is 0 Å². The summed E-state index contributed by atoms with van der Waals surface area (Å²) in [7, 11) is 0. The van der Waals surface area contributed by atoms with Gasteiger partial charge in [-0.05, 0) is 24.1 Å². The van der Waals surface area contributed by atoms with E-state index in [9.17, 15) is 26.3 Å². The number of hydrogen-bond acceptors (Lipinski definition) is 2. The van der Waals surface area contributed by atoms with Gasteiger partial charge in [-0.1, -0.05) is 0 Å². The Morgan fingerprint density at radius 2 is 1.44 bits per heavy atom. The third kappa shape index (κ3) is 3.86. The van der Waals surface area contributed by atoms with Crippen molar-refractivity contribution in [1.82, 2.24) is 4.98 Å². The smallest absolute Gasteiger partial charge is 0.327 e. The molecular weight excluding hydrogens is 262 g/mol. The summed E-state index contributed by atoms with van der Waals surface area (Å²) in [5, 5.41) is 0. The first kappa shape index (κ1) is 14.7.